The molecule has 0 unspecified atom stereocenters. The van der Waals surface area contributed by atoms with Crippen LogP contribution >= 0.6 is 27.5 Å². The molecule has 112 valence electrons. The summed E-state index contributed by atoms with van der Waals surface area (Å²) in [5, 5.41) is 3.04. The molecule has 2 rings (SSSR count). The molecule has 1 heterocycles. The third-order valence-corrected chi connectivity index (χ3v) is 3.79. The van der Waals surface area contributed by atoms with E-state index in [1.807, 2.05) is 0 Å². The molecule has 0 aliphatic carbocycles. The van der Waals surface area contributed by atoms with E-state index in [0.717, 1.165) is 12.1 Å². The third-order valence-electron chi connectivity index (χ3n) is 2.66. The molecule has 1 aromatic carbocycles. The Morgan fingerprint density at radius 2 is 1.95 bits per heavy atom. The first-order chi connectivity index (χ1) is 9.77. The molecule has 0 radical (unpaired) electrons. The highest BCUT2D eigenvalue weighted by Crippen LogP contribution is 2.33. The Bertz CT molecular complexity index is 661. The van der Waals surface area contributed by atoms with E-state index in [1.165, 1.54) is 6.20 Å². The first-order valence-corrected chi connectivity index (χ1v) is 6.85. The van der Waals surface area contributed by atoms with Crippen LogP contribution in [0.1, 0.15) is 11.1 Å². The van der Waals surface area contributed by atoms with Crippen LogP contribution in [0, 0.1) is 5.82 Å². The molecule has 1 aromatic heterocycles. The standard InChI is InChI=1S/C13H8BrClF4N2/c14-11-4-9(6-21-12(11)15)20-5-7-1-2-8(16)3-10(7)13(17,18)19/h1-4,6,20H,5H2. The Hall–Kier alpha value is -1.34. The highest BCUT2D eigenvalue weighted by atomic mass is 79.9. The van der Waals surface area contributed by atoms with Gasteiger partial charge in [-0.1, -0.05) is 17.7 Å². The van der Waals surface area contributed by atoms with Gasteiger partial charge in [0.15, 0.2) is 0 Å². The van der Waals surface area contributed by atoms with Gasteiger partial charge in [0.2, 0.25) is 0 Å². The van der Waals surface area contributed by atoms with Gasteiger partial charge in [-0.3, -0.25) is 0 Å². The van der Waals surface area contributed by atoms with Gasteiger partial charge in [-0.25, -0.2) is 9.37 Å². The summed E-state index contributed by atoms with van der Waals surface area (Å²) in [6, 6.07) is 4.16. The van der Waals surface area contributed by atoms with E-state index in [2.05, 4.69) is 26.2 Å². The summed E-state index contributed by atoms with van der Waals surface area (Å²) in [5.74, 6) is -0.929. The summed E-state index contributed by atoms with van der Waals surface area (Å²) < 4.78 is 52.0. The average molecular weight is 384 g/mol. The van der Waals surface area contributed by atoms with Crippen molar-refractivity contribution in [2.45, 2.75) is 12.7 Å². The molecule has 0 amide bonds. The highest BCUT2D eigenvalue weighted by molar-refractivity contribution is 9.10. The van der Waals surface area contributed by atoms with Gasteiger partial charge in [-0.05, 0) is 39.7 Å². The minimum atomic E-state index is -4.61. The molecule has 0 atom stereocenters. The zero-order chi connectivity index (χ0) is 15.6. The van der Waals surface area contributed by atoms with Crippen LogP contribution in [0.4, 0.5) is 23.2 Å². The Labute approximate surface area is 131 Å². The number of hydrogen-bond acceptors (Lipinski definition) is 2. The molecule has 0 saturated heterocycles. The number of aromatic nitrogens is 1. The quantitative estimate of drug-likeness (QED) is 0.577. The fraction of sp³-hybridized carbons (Fsp3) is 0.154. The molecular formula is C13H8BrClF4N2. The van der Waals surface area contributed by atoms with Gasteiger partial charge < -0.3 is 5.32 Å². The first-order valence-electron chi connectivity index (χ1n) is 5.68. The lowest BCUT2D eigenvalue weighted by atomic mass is 10.1. The van der Waals surface area contributed by atoms with Crippen molar-refractivity contribution >= 4 is 33.2 Å². The maximum absolute atomic E-state index is 13.0. The van der Waals surface area contributed by atoms with Gasteiger partial charge in [0, 0.05) is 6.54 Å². The van der Waals surface area contributed by atoms with Gasteiger partial charge >= 0.3 is 6.18 Å². The average Bonchev–Trinajstić information content (AvgIpc) is 2.40. The third kappa shape index (κ3) is 4.07. The molecule has 0 fully saturated rings. The number of hydrogen-bond donors (Lipinski definition) is 1. The van der Waals surface area contributed by atoms with E-state index in [1.54, 1.807) is 6.07 Å². The van der Waals surface area contributed by atoms with Crippen molar-refractivity contribution < 1.29 is 17.6 Å². The molecule has 8 heteroatoms. The smallest absolute Gasteiger partial charge is 0.380 e. The van der Waals surface area contributed by atoms with Gasteiger partial charge in [-0.2, -0.15) is 13.2 Å². The van der Waals surface area contributed by atoms with Gasteiger partial charge in [0.1, 0.15) is 11.0 Å². The Morgan fingerprint density at radius 1 is 1.24 bits per heavy atom. The minimum absolute atomic E-state index is 0.0602. The van der Waals surface area contributed by atoms with Crippen molar-refractivity contribution in [1.29, 1.82) is 0 Å². The molecule has 2 aromatic rings. The number of alkyl halides is 3. The number of anilines is 1. The van der Waals surface area contributed by atoms with Crippen LogP contribution in [-0.4, -0.2) is 4.98 Å². The summed E-state index contributed by atoms with van der Waals surface area (Å²) in [5.41, 5.74) is -0.574. The lowest BCUT2D eigenvalue weighted by molar-refractivity contribution is -0.138. The van der Waals surface area contributed by atoms with E-state index >= 15 is 0 Å². The summed E-state index contributed by atoms with van der Waals surface area (Å²) in [7, 11) is 0. The fourth-order valence-corrected chi connectivity index (χ4v) is 2.13. The molecule has 0 bridgehead atoms. The predicted octanol–water partition coefficient (Wildman–Crippen LogP) is 5.27. The predicted molar refractivity (Wildman–Crippen MR) is 75.7 cm³/mol. The van der Waals surface area contributed by atoms with Gasteiger partial charge in [-0.15, -0.1) is 0 Å². The first kappa shape index (κ1) is 16.0. The zero-order valence-corrected chi connectivity index (χ0v) is 12.7. The lowest BCUT2D eigenvalue weighted by Gasteiger charge is -2.14. The van der Waals surface area contributed by atoms with Crippen molar-refractivity contribution in [3.63, 3.8) is 0 Å². The van der Waals surface area contributed by atoms with Crippen LogP contribution in [0.25, 0.3) is 0 Å². The summed E-state index contributed by atoms with van der Waals surface area (Å²) in [4.78, 5) is 3.85. The van der Waals surface area contributed by atoms with Crippen LogP contribution in [-0.2, 0) is 12.7 Å². The number of pyridine rings is 1. The van der Waals surface area contributed by atoms with Crippen molar-refractivity contribution in [2.24, 2.45) is 0 Å². The molecule has 21 heavy (non-hydrogen) atoms. The maximum Gasteiger partial charge on any atom is 0.416 e. The Morgan fingerprint density at radius 3 is 2.57 bits per heavy atom. The van der Waals surface area contributed by atoms with E-state index in [0.29, 0.717) is 16.2 Å². The second-order valence-electron chi connectivity index (χ2n) is 4.15. The molecule has 0 saturated carbocycles. The molecular weight excluding hydrogens is 376 g/mol. The van der Waals surface area contributed by atoms with Gasteiger partial charge in [0.25, 0.3) is 0 Å². The van der Waals surface area contributed by atoms with Crippen molar-refractivity contribution in [3.8, 4) is 0 Å². The monoisotopic (exact) mass is 382 g/mol. The van der Waals surface area contributed by atoms with Crippen molar-refractivity contribution in [2.75, 3.05) is 5.32 Å². The summed E-state index contributed by atoms with van der Waals surface area (Å²) in [6.45, 7) is -0.120. The van der Waals surface area contributed by atoms with Crippen LogP contribution in [0.5, 0.6) is 0 Å². The summed E-state index contributed by atoms with van der Waals surface area (Å²) >= 11 is 8.89. The van der Waals surface area contributed by atoms with Crippen LogP contribution in [0.3, 0.4) is 0 Å². The van der Waals surface area contributed by atoms with E-state index in [9.17, 15) is 17.6 Å². The van der Waals surface area contributed by atoms with E-state index in [4.69, 9.17) is 11.6 Å². The Balaban J connectivity index is 2.22. The second kappa shape index (κ2) is 6.19. The number of nitrogens with zero attached hydrogens (tertiary/aromatic N) is 1. The normalized spacial score (nSPS) is 11.5. The highest BCUT2D eigenvalue weighted by Gasteiger charge is 2.33. The largest absolute Gasteiger partial charge is 0.416 e. The fourth-order valence-electron chi connectivity index (χ4n) is 1.68. The van der Waals surface area contributed by atoms with E-state index in [-0.39, 0.29) is 17.3 Å². The summed E-state index contributed by atoms with van der Waals surface area (Å²) in [6.07, 6.45) is -3.22. The molecule has 0 aliphatic rings. The van der Waals surface area contributed by atoms with Crippen LogP contribution in [0.2, 0.25) is 5.15 Å². The van der Waals surface area contributed by atoms with Gasteiger partial charge in [0.05, 0.1) is 21.9 Å². The molecule has 2 nitrogen and oxygen atoms in total. The molecule has 1 N–H and O–H groups in total. The molecule has 0 aliphatic heterocycles. The lowest BCUT2D eigenvalue weighted by Crippen LogP contribution is -2.12. The number of halogens is 6. The number of rotatable bonds is 3. The Kier molecular flexibility index (Phi) is 4.73. The number of benzene rings is 1. The topological polar surface area (TPSA) is 24.9 Å². The van der Waals surface area contributed by atoms with Crippen LogP contribution in [0.15, 0.2) is 34.9 Å². The minimum Gasteiger partial charge on any atom is -0.380 e. The SMILES string of the molecule is Fc1ccc(CNc2cnc(Cl)c(Br)c2)c(C(F)(F)F)c1. The second-order valence-corrected chi connectivity index (χ2v) is 5.36. The van der Waals surface area contributed by atoms with Crippen molar-refractivity contribution in [1.82, 2.24) is 4.98 Å². The number of nitrogens with one attached hydrogen (secondary N) is 1. The maximum atomic E-state index is 13.0. The zero-order valence-electron chi connectivity index (χ0n) is 10.3. The van der Waals surface area contributed by atoms with Crippen LogP contribution < -0.4 is 5.32 Å². The molecule has 0 spiro atoms. The van der Waals surface area contributed by atoms with E-state index < -0.39 is 17.6 Å². The van der Waals surface area contributed by atoms with Crippen molar-refractivity contribution in [3.05, 3.63) is 57.0 Å².